The highest BCUT2D eigenvalue weighted by molar-refractivity contribution is 7.07. The van der Waals surface area contributed by atoms with Gasteiger partial charge in [0.1, 0.15) is 12.1 Å². The lowest BCUT2D eigenvalue weighted by Crippen LogP contribution is -2.64. The molecule has 1 fully saturated rings. The van der Waals surface area contributed by atoms with Crippen molar-refractivity contribution in [3.8, 4) is 0 Å². The van der Waals surface area contributed by atoms with Gasteiger partial charge in [0.15, 0.2) is 0 Å². The number of rotatable bonds is 4. The lowest BCUT2D eigenvalue weighted by atomic mass is 9.96. The molecular formula is C13H19N3O3S. The Balaban J connectivity index is 2.29. The van der Waals surface area contributed by atoms with Crippen molar-refractivity contribution in [2.45, 2.75) is 45.8 Å². The molecule has 2 heterocycles. The van der Waals surface area contributed by atoms with E-state index in [4.69, 9.17) is 0 Å². The van der Waals surface area contributed by atoms with Gasteiger partial charge >= 0.3 is 4.87 Å². The van der Waals surface area contributed by atoms with E-state index in [1.807, 2.05) is 20.8 Å². The third-order valence-corrected chi connectivity index (χ3v) is 4.17. The van der Waals surface area contributed by atoms with E-state index in [0.717, 1.165) is 11.3 Å². The van der Waals surface area contributed by atoms with Crippen molar-refractivity contribution in [1.82, 2.24) is 15.2 Å². The Bertz CT molecular complexity index is 563. The highest BCUT2D eigenvalue weighted by Gasteiger charge is 2.41. The van der Waals surface area contributed by atoms with E-state index < -0.39 is 12.1 Å². The molecule has 1 aliphatic heterocycles. The molecule has 110 valence electrons. The van der Waals surface area contributed by atoms with Crippen LogP contribution < -0.4 is 10.2 Å². The Hall–Kier alpha value is -1.63. The van der Waals surface area contributed by atoms with Crippen LogP contribution in [0.4, 0.5) is 0 Å². The molecule has 0 spiro atoms. The average molecular weight is 297 g/mol. The number of thiazole rings is 1. The molecule has 7 heteroatoms. The lowest BCUT2D eigenvalue weighted by molar-refractivity contribution is -0.152. The zero-order chi connectivity index (χ0) is 14.9. The molecule has 1 aromatic rings. The van der Waals surface area contributed by atoms with Crippen LogP contribution in [0, 0.1) is 5.92 Å². The Kier molecular flexibility index (Phi) is 4.27. The van der Waals surface area contributed by atoms with Crippen molar-refractivity contribution in [2.24, 2.45) is 5.92 Å². The molecule has 0 radical (unpaired) electrons. The van der Waals surface area contributed by atoms with E-state index in [-0.39, 0.29) is 29.1 Å². The van der Waals surface area contributed by atoms with Crippen LogP contribution in [0.5, 0.6) is 0 Å². The highest BCUT2D eigenvalue weighted by atomic mass is 32.1. The van der Waals surface area contributed by atoms with Gasteiger partial charge in [-0.2, -0.15) is 0 Å². The number of nitrogens with zero attached hydrogens (tertiary/aromatic N) is 1. The fraction of sp³-hybridized carbons (Fsp3) is 0.615. The van der Waals surface area contributed by atoms with Crippen molar-refractivity contribution >= 4 is 23.2 Å². The van der Waals surface area contributed by atoms with E-state index in [1.165, 1.54) is 0 Å². The maximum atomic E-state index is 12.5. The van der Waals surface area contributed by atoms with Crippen LogP contribution in [0.25, 0.3) is 0 Å². The number of nitrogens with one attached hydrogen (secondary N) is 2. The predicted molar refractivity (Wildman–Crippen MR) is 76.3 cm³/mol. The predicted octanol–water partition coefficient (Wildman–Crippen LogP) is 0.698. The maximum Gasteiger partial charge on any atom is 0.304 e. The summed E-state index contributed by atoms with van der Waals surface area (Å²) in [5.41, 5.74) is 0.670. The fourth-order valence-electron chi connectivity index (χ4n) is 2.49. The lowest BCUT2D eigenvalue weighted by Gasteiger charge is -2.40. The number of hydrogen-bond donors (Lipinski definition) is 2. The van der Waals surface area contributed by atoms with Gasteiger partial charge in [0, 0.05) is 11.1 Å². The molecule has 0 aliphatic carbocycles. The monoisotopic (exact) mass is 297 g/mol. The van der Waals surface area contributed by atoms with Crippen LogP contribution >= 0.6 is 11.3 Å². The molecule has 2 N–H and O–H groups in total. The molecular weight excluding hydrogens is 278 g/mol. The van der Waals surface area contributed by atoms with Crippen LogP contribution in [-0.4, -0.2) is 33.8 Å². The van der Waals surface area contributed by atoms with Gasteiger partial charge in [-0.05, 0) is 12.3 Å². The molecule has 6 nitrogen and oxygen atoms in total. The summed E-state index contributed by atoms with van der Waals surface area (Å²) in [6.07, 6.45) is 0.562. The third kappa shape index (κ3) is 2.77. The Labute approximate surface area is 121 Å². The van der Waals surface area contributed by atoms with E-state index in [1.54, 1.807) is 10.3 Å². The Morgan fingerprint density at radius 1 is 1.35 bits per heavy atom. The first kappa shape index (κ1) is 14.8. The quantitative estimate of drug-likeness (QED) is 0.858. The molecule has 1 saturated heterocycles. The van der Waals surface area contributed by atoms with Gasteiger partial charge in [-0.25, -0.2) is 0 Å². The van der Waals surface area contributed by atoms with Gasteiger partial charge in [-0.15, -0.1) is 0 Å². The van der Waals surface area contributed by atoms with Gasteiger partial charge in [-0.3, -0.25) is 14.4 Å². The summed E-state index contributed by atoms with van der Waals surface area (Å²) >= 11 is 1.06. The molecule has 0 bridgehead atoms. The summed E-state index contributed by atoms with van der Waals surface area (Å²) in [6.45, 7) is 5.95. The molecule has 2 unspecified atom stereocenters. The molecule has 0 saturated carbocycles. The second kappa shape index (κ2) is 5.78. The first-order valence-electron chi connectivity index (χ1n) is 6.71. The Morgan fingerprint density at radius 2 is 2.05 bits per heavy atom. The summed E-state index contributed by atoms with van der Waals surface area (Å²) < 4.78 is 0. The smallest absolute Gasteiger partial charge is 0.304 e. The third-order valence-electron chi connectivity index (χ3n) is 3.45. The summed E-state index contributed by atoms with van der Waals surface area (Å²) in [4.78, 5) is 39.9. The molecule has 2 amide bonds. The Morgan fingerprint density at radius 3 is 2.55 bits per heavy atom. The van der Waals surface area contributed by atoms with Crippen LogP contribution in [0.2, 0.25) is 0 Å². The molecule has 2 rings (SSSR count). The zero-order valence-corrected chi connectivity index (χ0v) is 12.6. The standard InChI is InChI=1S/C13H19N3O3S/c1-4-9-12(18)16(5-8-6-20-13(19)14-8)10(7(2)3)11(17)15-9/h6-7,9-10H,4-5H2,1-3H3,(H,14,19)(H,15,17). The van der Waals surface area contributed by atoms with Crippen molar-refractivity contribution in [3.05, 3.63) is 20.7 Å². The molecule has 2 atom stereocenters. The van der Waals surface area contributed by atoms with Crippen molar-refractivity contribution in [1.29, 1.82) is 0 Å². The van der Waals surface area contributed by atoms with Crippen LogP contribution in [-0.2, 0) is 16.1 Å². The number of amides is 2. The zero-order valence-electron chi connectivity index (χ0n) is 11.8. The largest absolute Gasteiger partial charge is 0.343 e. The first-order valence-corrected chi connectivity index (χ1v) is 7.59. The van der Waals surface area contributed by atoms with E-state index in [2.05, 4.69) is 10.3 Å². The number of aromatic amines is 1. The van der Waals surface area contributed by atoms with Crippen molar-refractivity contribution in [2.75, 3.05) is 0 Å². The van der Waals surface area contributed by atoms with Crippen molar-refractivity contribution < 1.29 is 9.59 Å². The number of hydrogen-bond acceptors (Lipinski definition) is 4. The molecule has 1 aliphatic rings. The van der Waals surface area contributed by atoms with E-state index in [9.17, 15) is 14.4 Å². The van der Waals surface area contributed by atoms with Gasteiger partial charge in [0.05, 0.1) is 6.54 Å². The molecule has 20 heavy (non-hydrogen) atoms. The van der Waals surface area contributed by atoms with Crippen LogP contribution in [0.15, 0.2) is 10.2 Å². The fourth-order valence-corrected chi connectivity index (χ4v) is 3.06. The number of aromatic nitrogens is 1. The normalized spacial score (nSPS) is 23.3. The average Bonchev–Trinajstić information content (AvgIpc) is 2.78. The minimum atomic E-state index is -0.492. The summed E-state index contributed by atoms with van der Waals surface area (Å²) in [5.74, 6) is -0.191. The number of piperazine rings is 1. The van der Waals surface area contributed by atoms with Gasteiger partial charge in [0.25, 0.3) is 0 Å². The number of H-pyrrole nitrogens is 1. The second-order valence-corrected chi connectivity index (χ2v) is 6.14. The van der Waals surface area contributed by atoms with Gasteiger partial charge in [-0.1, -0.05) is 32.1 Å². The highest BCUT2D eigenvalue weighted by Crippen LogP contribution is 2.20. The SMILES string of the molecule is CCC1NC(=O)C(C(C)C)N(Cc2csc(=O)[nH]2)C1=O. The minimum absolute atomic E-state index is 0.0158. The topological polar surface area (TPSA) is 82.3 Å². The summed E-state index contributed by atoms with van der Waals surface area (Å²) in [5, 5.41) is 4.46. The molecule has 0 aromatic carbocycles. The van der Waals surface area contributed by atoms with E-state index in [0.29, 0.717) is 12.1 Å². The van der Waals surface area contributed by atoms with E-state index >= 15 is 0 Å². The van der Waals surface area contributed by atoms with Gasteiger partial charge in [0.2, 0.25) is 11.8 Å². The van der Waals surface area contributed by atoms with Crippen molar-refractivity contribution in [3.63, 3.8) is 0 Å². The van der Waals surface area contributed by atoms with Crippen LogP contribution in [0.3, 0.4) is 0 Å². The summed E-state index contributed by atoms with van der Waals surface area (Å²) in [6, 6.07) is -0.962. The maximum absolute atomic E-state index is 12.5. The minimum Gasteiger partial charge on any atom is -0.343 e. The first-order chi connectivity index (χ1) is 9.43. The number of carbonyl (C=O) groups excluding carboxylic acids is 2. The van der Waals surface area contributed by atoms with Crippen LogP contribution in [0.1, 0.15) is 32.9 Å². The molecule has 1 aromatic heterocycles. The second-order valence-electron chi connectivity index (χ2n) is 5.30. The van der Waals surface area contributed by atoms with Gasteiger partial charge < -0.3 is 15.2 Å². The number of carbonyl (C=O) groups is 2. The summed E-state index contributed by atoms with van der Waals surface area (Å²) in [7, 11) is 0.